The number of piperidine rings is 1. The van der Waals surface area contributed by atoms with E-state index in [0.29, 0.717) is 49.4 Å². The molecule has 47 heavy (non-hydrogen) atoms. The molecule has 0 aromatic heterocycles. The van der Waals surface area contributed by atoms with Crippen LogP contribution in [-0.2, 0) is 33.0 Å². The van der Waals surface area contributed by atoms with E-state index in [2.05, 4.69) is 15.5 Å². The maximum atomic E-state index is 14.2. The standard InChI is InChI=1S/C37H41N5O5/c1-25(8-7-13-33(44)40-22-27-10-6-5-9-26(27)20-30(40)23-43)37(47)31-21-29(14-15-32(31)39-34(37)45)41-24-42(28-11-3-2-4-12-28)36(35(41)46)16-18-38-19-17-36/h2-12,14-15,21,25,30,38,43,47H,13,16-20,22-24H2,1H3,(H,39,45)/b8-7+/t25-,30+,37+/m1/s1. The number of nitrogens with zero attached hydrogens (tertiary/aromatic N) is 3. The zero-order valence-corrected chi connectivity index (χ0v) is 26.6. The molecule has 2 fully saturated rings. The molecule has 3 atom stereocenters. The highest BCUT2D eigenvalue weighted by Crippen LogP contribution is 2.45. The maximum Gasteiger partial charge on any atom is 0.261 e. The number of rotatable bonds is 7. The van der Waals surface area contributed by atoms with E-state index in [4.69, 9.17) is 0 Å². The number of anilines is 3. The SMILES string of the molecule is C[C@H](/C=C/CC(=O)N1Cc2ccccc2C[C@H]1CO)[C@@]1(O)C(=O)Nc2ccc(N3CN(c4ccccc4)C4(CCNCC4)C3=O)cc21. The van der Waals surface area contributed by atoms with Crippen LogP contribution in [0.2, 0.25) is 0 Å². The molecule has 0 saturated carbocycles. The van der Waals surface area contributed by atoms with Gasteiger partial charge in [0.1, 0.15) is 5.54 Å². The van der Waals surface area contributed by atoms with E-state index < -0.39 is 23.0 Å². The first-order chi connectivity index (χ1) is 22.8. The number of para-hydroxylation sites is 1. The second-order valence-electron chi connectivity index (χ2n) is 13.1. The third kappa shape index (κ3) is 5.21. The Morgan fingerprint density at radius 3 is 2.47 bits per heavy atom. The quantitative estimate of drug-likeness (QED) is 0.294. The van der Waals surface area contributed by atoms with E-state index in [0.717, 1.165) is 29.9 Å². The Bertz CT molecular complexity index is 1720. The number of aliphatic hydroxyl groups excluding tert-OH is 1. The van der Waals surface area contributed by atoms with Gasteiger partial charge in [-0.25, -0.2) is 0 Å². The van der Waals surface area contributed by atoms with Crippen LogP contribution in [0.1, 0.15) is 42.9 Å². The molecule has 0 bridgehead atoms. The van der Waals surface area contributed by atoms with E-state index in [1.165, 1.54) is 0 Å². The molecular formula is C37H41N5O5. The Morgan fingerprint density at radius 2 is 1.72 bits per heavy atom. The van der Waals surface area contributed by atoms with Crippen molar-refractivity contribution < 1.29 is 24.6 Å². The first-order valence-electron chi connectivity index (χ1n) is 16.4. The molecule has 4 aliphatic rings. The molecule has 7 rings (SSSR count). The highest BCUT2D eigenvalue weighted by atomic mass is 16.3. The van der Waals surface area contributed by atoms with Gasteiger partial charge in [-0.2, -0.15) is 0 Å². The number of hydrogen-bond donors (Lipinski definition) is 4. The first kappa shape index (κ1) is 31.1. The van der Waals surface area contributed by atoms with Crippen LogP contribution in [-0.4, -0.2) is 70.8 Å². The van der Waals surface area contributed by atoms with Gasteiger partial charge in [0.15, 0.2) is 5.60 Å². The average Bonchev–Trinajstić information content (AvgIpc) is 3.53. The smallest absolute Gasteiger partial charge is 0.261 e. The zero-order chi connectivity index (χ0) is 32.8. The molecule has 4 N–H and O–H groups in total. The number of aliphatic hydroxyl groups is 2. The summed E-state index contributed by atoms with van der Waals surface area (Å²) in [6.07, 6.45) is 5.41. The molecule has 0 radical (unpaired) electrons. The highest BCUT2D eigenvalue weighted by Gasteiger charge is 2.54. The minimum atomic E-state index is -1.89. The fourth-order valence-corrected chi connectivity index (χ4v) is 7.76. The van der Waals surface area contributed by atoms with Gasteiger partial charge in [0, 0.05) is 41.5 Å². The molecule has 4 aliphatic heterocycles. The summed E-state index contributed by atoms with van der Waals surface area (Å²) in [6.45, 7) is 3.89. The summed E-state index contributed by atoms with van der Waals surface area (Å²) in [5, 5.41) is 28.2. The van der Waals surface area contributed by atoms with E-state index in [1.54, 1.807) is 41.0 Å². The molecular weight excluding hydrogens is 594 g/mol. The summed E-state index contributed by atoms with van der Waals surface area (Å²) >= 11 is 0. The highest BCUT2D eigenvalue weighted by molar-refractivity contribution is 6.09. The minimum absolute atomic E-state index is 0.0107. The lowest BCUT2D eigenvalue weighted by molar-refractivity contribution is -0.137. The molecule has 0 aliphatic carbocycles. The lowest BCUT2D eigenvalue weighted by atomic mass is 9.82. The van der Waals surface area contributed by atoms with Gasteiger partial charge in [-0.1, -0.05) is 61.5 Å². The Balaban J connectivity index is 1.11. The lowest BCUT2D eigenvalue weighted by Crippen LogP contribution is -2.55. The van der Waals surface area contributed by atoms with Gasteiger partial charge >= 0.3 is 0 Å². The van der Waals surface area contributed by atoms with Crippen LogP contribution < -0.4 is 20.4 Å². The minimum Gasteiger partial charge on any atom is -0.394 e. The van der Waals surface area contributed by atoms with Crippen molar-refractivity contribution in [2.24, 2.45) is 5.92 Å². The van der Waals surface area contributed by atoms with Crippen molar-refractivity contribution in [1.82, 2.24) is 10.2 Å². The lowest BCUT2D eigenvalue weighted by Gasteiger charge is -2.39. The van der Waals surface area contributed by atoms with Crippen LogP contribution in [0.4, 0.5) is 17.1 Å². The molecule has 2 saturated heterocycles. The van der Waals surface area contributed by atoms with Crippen LogP contribution in [0.5, 0.6) is 0 Å². The maximum absolute atomic E-state index is 14.2. The molecule has 3 aromatic carbocycles. The molecule has 0 unspecified atom stereocenters. The van der Waals surface area contributed by atoms with E-state index >= 15 is 0 Å². The number of benzene rings is 3. The number of fused-ring (bicyclic) bond motifs is 2. The van der Waals surface area contributed by atoms with Crippen molar-refractivity contribution >= 4 is 34.8 Å². The van der Waals surface area contributed by atoms with Crippen LogP contribution in [0, 0.1) is 5.92 Å². The van der Waals surface area contributed by atoms with Crippen molar-refractivity contribution in [1.29, 1.82) is 0 Å². The van der Waals surface area contributed by atoms with E-state index in [1.807, 2.05) is 60.7 Å². The van der Waals surface area contributed by atoms with Gasteiger partial charge in [0.05, 0.1) is 19.3 Å². The van der Waals surface area contributed by atoms with Crippen LogP contribution in [0.25, 0.3) is 0 Å². The van der Waals surface area contributed by atoms with Crippen molar-refractivity contribution in [3.63, 3.8) is 0 Å². The predicted octanol–water partition coefficient (Wildman–Crippen LogP) is 3.29. The molecule has 3 aromatic rings. The van der Waals surface area contributed by atoms with Crippen molar-refractivity contribution in [3.05, 3.63) is 102 Å². The predicted molar refractivity (Wildman–Crippen MR) is 180 cm³/mol. The second kappa shape index (κ2) is 12.3. The van der Waals surface area contributed by atoms with Gasteiger partial charge in [0.2, 0.25) is 5.91 Å². The zero-order valence-electron chi connectivity index (χ0n) is 26.6. The normalized spacial score (nSPS) is 24.1. The number of amides is 3. The van der Waals surface area contributed by atoms with Gasteiger partial charge in [-0.15, -0.1) is 0 Å². The van der Waals surface area contributed by atoms with Gasteiger partial charge in [-0.05, 0) is 73.8 Å². The molecule has 244 valence electrons. The van der Waals surface area contributed by atoms with E-state index in [9.17, 15) is 24.6 Å². The Kier molecular flexibility index (Phi) is 8.11. The number of hydrogen-bond acceptors (Lipinski definition) is 7. The summed E-state index contributed by atoms with van der Waals surface area (Å²) < 4.78 is 0. The van der Waals surface area contributed by atoms with Crippen molar-refractivity contribution in [2.75, 3.05) is 41.5 Å². The number of nitrogens with one attached hydrogen (secondary N) is 2. The fraction of sp³-hybridized carbons (Fsp3) is 0.378. The Hall–Kier alpha value is -4.51. The molecule has 10 nitrogen and oxygen atoms in total. The van der Waals surface area contributed by atoms with E-state index in [-0.39, 0.29) is 30.9 Å². The summed E-state index contributed by atoms with van der Waals surface area (Å²) in [6, 6.07) is 22.9. The van der Waals surface area contributed by atoms with Gasteiger partial charge in [-0.3, -0.25) is 19.3 Å². The summed E-state index contributed by atoms with van der Waals surface area (Å²) in [5.41, 5.74) is 2.14. The third-order valence-electron chi connectivity index (χ3n) is 10.5. The summed E-state index contributed by atoms with van der Waals surface area (Å²) in [4.78, 5) is 46.5. The molecule has 1 spiro atoms. The number of carbonyl (C=O) groups excluding carboxylic acids is 3. The first-order valence-corrected chi connectivity index (χ1v) is 16.4. The number of carbonyl (C=O) groups is 3. The van der Waals surface area contributed by atoms with Gasteiger partial charge in [0.25, 0.3) is 11.8 Å². The monoisotopic (exact) mass is 635 g/mol. The average molecular weight is 636 g/mol. The second-order valence-corrected chi connectivity index (χ2v) is 13.1. The molecule has 3 amide bonds. The van der Waals surface area contributed by atoms with Crippen molar-refractivity contribution in [3.8, 4) is 0 Å². The van der Waals surface area contributed by atoms with Crippen LogP contribution >= 0.6 is 0 Å². The summed E-state index contributed by atoms with van der Waals surface area (Å²) in [5.74, 6) is -1.34. The Morgan fingerprint density at radius 1 is 1.00 bits per heavy atom. The Labute approximate surface area is 274 Å². The fourth-order valence-electron chi connectivity index (χ4n) is 7.76. The molecule has 10 heteroatoms. The third-order valence-corrected chi connectivity index (χ3v) is 10.5. The van der Waals surface area contributed by atoms with Crippen LogP contribution in [0.3, 0.4) is 0 Å². The van der Waals surface area contributed by atoms with Gasteiger partial charge < -0.3 is 30.6 Å². The topological polar surface area (TPSA) is 125 Å². The van der Waals surface area contributed by atoms with Crippen LogP contribution in [0.15, 0.2) is 84.9 Å². The summed E-state index contributed by atoms with van der Waals surface area (Å²) in [7, 11) is 0. The largest absolute Gasteiger partial charge is 0.394 e. The van der Waals surface area contributed by atoms with Crippen molar-refractivity contribution in [2.45, 2.75) is 56.3 Å². The molecule has 4 heterocycles.